The summed E-state index contributed by atoms with van der Waals surface area (Å²) >= 11 is 0. The number of aryl methyl sites for hydroxylation is 1. The van der Waals surface area contributed by atoms with E-state index >= 15 is 4.39 Å². The third-order valence-corrected chi connectivity index (χ3v) is 11.0. The maximum atomic E-state index is 17.1. The van der Waals surface area contributed by atoms with E-state index in [0.717, 1.165) is 61.5 Å². The number of benzene rings is 3. The average Bonchev–Trinajstić information content (AvgIpc) is 3.67. The Morgan fingerprint density at radius 1 is 1.13 bits per heavy atom. The Morgan fingerprint density at radius 2 is 2.04 bits per heavy atom. The molecule has 2 unspecified atom stereocenters. The van der Waals surface area contributed by atoms with Gasteiger partial charge in [0.05, 0.1) is 17.0 Å². The second kappa shape index (κ2) is 10.1. The fourth-order valence-corrected chi connectivity index (χ4v) is 8.95. The van der Waals surface area contributed by atoms with Crippen molar-refractivity contribution in [2.24, 2.45) is 0 Å². The summed E-state index contributed by atoms with van der Waals surface area (Å²) in [5.74, 6) is 0.703. The molecule has 0 aliphatic carbocycles. The number of rotatable bonds is 5. The van der Waals surface area contributed by atoms with E-state index in [9.17, 15) is 9.50 Å². The number of ether oxygens (including phenoxy) is 2. The van der Waals surface area contributed by atoms with Crippen LogP contribution in [0.15, 0.2) is 36.4 Å². The first-order chi connectivity index (χ1) is 21.9. The molecule has 5 atom stereocenters. The lowest BCUT2D eigenvalue weighted by molar-refractivity contribution is 0.107. The molecule has 0 amide bonds. The van der Waals surface area contributed by atoms with Crippen molar-refractivity contribution in [3.05, 3.63) is 47.8 Å². The van der Waals surface area contributed by atoms with Crippen LogP contribution in [0.25, 0.3) is 32.8 Å². The third kappa shape index (κ3) is 4.21. The van der Waals surface area contributed by atoms with Gasteiger partial charge in [-0.2, -0.15) is 9.97 Å². The van der Waals surface area contributed by atoms with Crippen LogP contribution in [0, 0.1) is 5.82 Å². The first-order valence-electron chi connectivity index (χ1n) is 16.4. The predicted octanol–water partition coefficient (Wildman–Crippen LogP) is 5.51. The van der Waals surface area contributed by atoms with Crippen molar-refractivity contribution in [3.63, 3.8) is 0 Å². The van der Waals surface area contributed by atoms with Crippen molar-refractivity contribution in [1.29, 1.82) is 0 Å². The molecule has 1 aromatic heterocycles. The highest BCUT2D eigenvalue weighted by Gasteiger charge is 2.50. The minimum absolute atomic E-state index is 0.0213. The van der Waals surface area contributed by atoms with Crippen LogP contribution in [0.4, 0.5) is 14.6 Å². The fourth-order valence-electron chi connectivity index (χ4n) is 8.95. The molecule has 4 saturated heterocycles. The maximum absolute atomic E-state index is 17.1. The molecule has 4 aromatic rings. The zero-order chi connectivity index (χ0) is 30.4. The Hall–Kier alpha value is -3.76. The van der Waals surface area contributed by atoms with E-state index in [1.807, 2.05) is 18.2 Å². The molecule has 5 aliphatic heterocycles. The van der Waals surface area contributed by atoms with Crippen LogP contribution in [-0.4, -0.2) is 82.7 Å². The van der Waals surface area contributed by atoms with Crippen molar-refractivity contribution in [1.82, 2.24) is 20.2 Å². The number of phenols is 1. The minimum atomic E-state index is -0.877. The van der Waals surface area contributed by atoms with Gasteiger partial charge in [0.15, 0.2) is 5.82 Å². The number of nitrogens with zero attached hydrogens (tertiary/aromatic N) is 4. The molecule has 3 aromatic carbocycles. The fraction of sp³-hybridized carbons (Fsp3) is 0.486. The van der Waals surface area contributed by atoms with Crippen molar-refractivity contribution < 1.29 is 23.4 Å². The van der Waals surface area contributed by atoms with Crippen molar-refractivity contribution in [2.45, 2.75) is 75.3 Å². The molecule has 45 heavy (non-hydrogen) atoms. The van der Waals surface area contributed by atoms with Crippen LogP contribution >= 0.6 is 0 Å². The van der Waals surface area contributed by atoms with Crippen LogP contribution in [0.2, 0.25) is 0 Å². The molecule has 10 heteroatoms. The summed E-state index contributed by atoms with van der Waals surface area (Å²) in [5.41, 5.74) is 1.71. The Labute approximate surface area is 260 Å². The zero-order valence-corrected chi connectivity index (χ0v) is 25.4. The summed E-state index contributed by atoms with van der Waals surface area (Å²) in [7, 11) is 0. The highest BCUT2D eigenvalue weighted by atomic mass is 19.1. The van der Waals surface area contributed by atoms with Crippen LogP contribution < -0.4 is 19.7 Å². The van der Waals surface area contributed by atoms with Gasteiger partial charge in [-0.25, -0.2) is 8.78 Å². The molecule has 5 aliphatic rings. The number of nitrogens with one attached hydrogen (secondary N) is 1. The Bertz CT molecular complexity index is 1850. The molecule has 6 heterocycles. The number of aromatic hydroxyl groups is 1. The van der Waals surface area contributed by atoms with E-state index in [1.165, 1.54) is 0 Å². The van der Waals surface area contributed by atoms with Gasteiger partial charge in [-0.3, -0.25) is 4.90 Å². The van der Waals surface area contributed by atoms with Crippen molar-refractivity contribution in [3.8, 4) is 28.6 Å². The van der Waals surface area contributed by atoms with E-state index in [2.05, 4.69) is 22.0 Å². The quantitative estimate of drug-likeness (QED) is 0.305. The van der Waals surface area contributed by atoms with Crippen LogP contribution in [0.5, 0.6) is 17.5 Å². The normalized spacial score (nSPS) is 28.7. The van der Waals surface area contributed by atoms with Gasteiger partial charge >= 0.3 is 6.01 Å². The van der Waals surface area contributed by atoms with Crippen LogP contribution in [0.3, 0.4) is 0 Å². The molecule has 0 radical (unpaired) electrons. The number of phenolic OH excluding ortho intramolecular Hbond substituents is 1. The highest BCUT2D eigenvalue weighted by Crippen LogP contribution is 2.47. The Kier molecular flexibility index (Phi) is 6.20. The standard InChI is InChI=1S/C35H37F2N5O3/c1-2-19-5-3-6-20-11-23(43)12-24(29(19)20)25-13-28-30-32(31(25)37)39-34(45-18-35-9-4-10-41(35)15-21(36)14-35)40-33(30)42-16-22-7-8-26(38-22)27(42)17-44-28/h3,5-6,11-13,21-22,26-27,38,43H,2,4,7-10,14-18H2,1H3/t21-,22?,26+,27+,35?/m1/s1. The molecule has 8 nitrogen and oxygen atoms in total. The molecule has 0 spiro atoms. The van der Waals surface area contributed by atoms with Crippen LogP contribution in [0.1, 0.15) is 44.6 Å². The number of halogens is 2. The maximum Gasteiger partial charge on any atom is 0.319 e. The van der Waals surface area contributed by atoms with Gasteiger partial charge in [-0.1, -0.05) is 25.1 Å². The van der Waals surface area contributed by atoms with Gasteiger partial charge in [-0.15, -0.1) is 0 Å². The second-order valence-electron chi connectivity index (χ2n) is 13.6. The Balaban J connectivity index is 1.24. The molecule has 9 rings (SSSR count). The summed E-state index contributed by atoms with van der Waals surface area (Å²) in [4.78, 5) is 14.1. The lowest BCUT2D eigenvalue weighted by Crippen LogP contribution is -2.60. The molecule has 234 valence electrons. The number of aromatic nitrogens is 2. The second-order valence-corrected chi connectivity index (χ2v) is 13.6. The summed E-state index contributed by atoms with van der Waals surface area (Å²) in [6.07, 6.45) is 4.28. The number of alkyl halides is 1. The van der Waals surface area contributed by atoms with Gasteiger partial charge in [0, 0.05) is 37.2 Å². The van der Waals surface area contributed by atoms with Gasteiger partial charge in [0.1, 0.15) is 42.2 Å². The topological polar surface area (TPSA) is 83.0 Å². The van der Waals surface area contributed by atoms with Crippen LogP contribution in [-0.2, 0) is 6.42 Å². The molecule has 2 N–H and O–H groups in total. The number of fused-ring (bicyclic) bond motifs is 7. The van der Waals surface area contributed by atoms with E-state index in [0.29, 0.717) is 53.7 Å². The Morgan fingerprint density at radius 3 is 2.93 bits per heavy atom. The van der Waals surface area contributed by atoms with E-state index in [4.69, 9.17) is 19.4 Å². The first kappa shape index (κ1) is 27.5. The zero-order valence-electron chi connectivity index (χ0n) is 25.4. The van der Waals surface area contributed by atoms with Gasteiger partial charge in [-0.05, 0) is 78.7 Å². The third-order valence-electron chi connectivity index (χ3n) is 11.0. The highest BCUT2D eigenvalue weighted by molar-refractivity contribution is 6.05. The lowest BCUT2D eigenvalue weighted by Gasteiger charge is -2.40. The largest absolute Gasteiger partial charge is 0.508 e. The van der Waals surface area contributed by atoms with E-state index in [1.54, 1.807) is 18.2 Å². The molecule has 0 saturated carbocycles. The number of anilines is 1. The van der Waals surface area contributed by atoms with E-state index in [-0.39, 0.29) is 41.5 Å². The predicted molar refractivity (Wildman–Crippen MR) is 169 cm³/mol. The number of piperazine rings is 1. The summed E-state index contributed by atoms with van der Waals surface area (Å²) in [5, 5.41) is 16.7. The monoisotopic (exact) mass is 613 g/mol. The van der Waals surface area contributed by atoms with E-state index < -0.39 is 12.0 Å². The number of hydrogen-bond donors (Lipinski definition) is 2. The van der Waals surface area contributed by atoms with Crippen molar-refractivity contribution in [2.75, 3.05) is 37.7 Å². The number of hydrogen-bond acceptors (Lipinski definition) is 8. The SMILES string of the molecule is CCc1cccc2cc(O)cc(-c3cc4c5c(nc(OCC67CCCN6C[C@H](F)C7)nc5c3F)N3CC5CC[C@H](N5)[C@@H]3CO4)c12. The summed E-state index contributed by atoms with van der Waals surface area (Å²) < 4.78 is 44.5. The molecule has 2 bridgehead atoms. The van der Waals surface area contributed by atoms with Gasteiger partial charge in [0.2, 0.25) is 0 Å². The summed E-state index contributed by atoms with van der Waals surface area (Å²) in [6, 6.07) is 11.7. The molecular weight excluding hydrogens is 576 g/mol. The summed E-state index contributed by atoms with van der Waals surface area (Å²) in [6.45, 7) is 4.77. The van der Waals surface area contributed by atoms with Crippen molar-refractivity contribution >= 4 is 27.5 Å². The molecule has 4 fully saturated rings. The van der Waals surface area contributed by atoms with Gasteiger partial charge < -0.3 is 24.8 Å². The first-order valence-corrected chi connectivity index (χ1v) is 16.4. The van der Waals surface area contributed by atoms with Gasteiger partial charge in [0.25, 0.3) is 0 Å². The lowest BCUT2D eigenvalue weighted by atomic mass is 9.92. The smallest absolute Gasteiger partial charge is 0.319 e. The molecular formula is C35H37F2N5O3. The average molecular weight is 614 g/mol. The minimum Gasteiger partial charge on any atom is -0.508 e.